The number of imidazole rings is 1. The van der Waals surface area contributed by atoms with Gasteiger partial charge in [-0.3, -0.25) is 0 Å². The first kappa shape index (κ1) is 9.72. The minimum absolute atomic E-state index is 0.153. The summed E-state index contributed by atoms with van der Waals surface area (Å²) in [5.41, 5.74) is 1.85. The molecule has 1 fully saturated rings. The Labute approximate surface area is 93.7 Å². The van der Waals surface area contributed by atoms with Gasteiger partial charge in [-0.1, -0.05) is 6.92 Å². The molecular formula is C11H15N5. The fourth-order valence-corrected chi connectivity index (χ4v) is 2.43. The maximum atomic E-state index is 4.59. The van der Waals surface area contributed by atoms with E-state index < -0.39 is 0 Å². The van der Waals surface area contributed by atoms with Crippen molar-refractivity contribution >= 4 is 11.2 Å². The molecule has 0 aromatic carbocycles. The molecule has 0 radical (unpaired) electrons. The van der Waals surface area contributed by atoms with Gasteiger partial charge in [-0.25, -0.2) is 15.0 Å². The molecule has 2 N–H and O–H groups in total. The van der Waals surface area contributed by atoms with Crippen molar-refractivity contribution in [2.45, 2.75) is 25.2 Å². The van der Waals surface area contributed by atoms with Gasteiger partial charge in [0.2, 0.25) is 0 Å². The summed E-state index contributed by atoms with van der Waals surface area (Å²) in [6.07, 6.45) is 5.55. The molecule has 0 aliphatic carbocycles. The summed E-state index contributed by atoms with van der Waals surface area (Å²) in [6, 6.07) is 0. The van der Waals surface area contributed by atoms with Gasteiger partial charge in [-0.05, 0) is 19.4 Å². The summed E-state index contributed by atoms with van der Waals surface area (Å²) in [7, 11) is 0. The van der Waals surface area contributed by atoms with Crippen LogP contribution in [-0.2, 0) is 5.41 Å². The molecular weight excluding hydrogens is 202 g/mol. The van der Waals surface area contributed by atoms with Crippen LogP contribution in [0.4, 0.5) is 0 Å². The molecule has 5 heteroatoms. The number of rotatable bonds is 2. The number of H-pyrrole nitrogens is 1. The molecule has 3 heterocycles. The number of fused-ring (bicyclic) bond motifs is 1. The zero-order valence-electron chi connectivity index (χ0n) is 9.32. The summed E-state index contributed by atoms with van der Waals surface area (Å²) in [5.74, 6) is 1.05. The molecule has 3 rings (SSSR count). The van der Waals surface area contributed by atoms with Crippen LogP contribution in [0.2, 0.25) is 0 Å². The largest absolute Gasteiger partial charge is 0.339 e. The summed E-state index contributed by atoms with van der Waals surface area (Å²) in [6.45, 7) is 4.28. The van der Waals surface area contributed by atoms with Crippen LogP contribution in [0.5, 0.6) is 0 Å². The zero-order valence-corrected chi connectivity index (χ0v) is 9.32. The second kappa shape index (κ2) is 3.52. The van der Waals surface area contributed by atoms with Gasteiger partial charge in [-0.15, -0.1) is 0 Å². The summed E-state index contributed by atoms with van der Waals surface area (Å²) >= 11 is 0. The fourth-order valence-electron chi connectivity index (χ4n) is 2.43. The van der Waals surface area contributed by atoms with Gasteiger partial charge in [0, 0.05) is 12.0 Å². The molecule has 1 saturated heterocycles. The lowest BCUT2D eigenvalue weighted by Gasteiger charge is -2.23. The Morgan fingerprint density at radius 2 is 2.44 bits per heavy atom. The average molecular weight is 217 g/mol. The molecule has 1 atom stereocenters. The lowest BCUT2D eigenvalue weighted by molar-refractivity contribution is 0.430. The van der Waals surface area contributed by atoms with Crippen molar-refractivity contribution < 1.29 is 0 Å². The third kappa shape index (κ3) is 1.31. The molecule has 0 saturated carbocycles. The van der Waals surface area contributed by atoms with E-state index in [1.807, 2.05) is 0 Å². The number of hydrogen-bond donors (Lipinski definition) is 2. The Balaban J connectivity index is 2.10. The smallest absolute Gasteiger partial charge is 0.180 e. The van der Waals surface area contributed by atoms with Crippen molar-refractivity contribution in [1.29, 1.82) is 0 Å². The van der Waals surface area contributed by atoms with Gasteiger partial charge in [0.25, 0.3) is 0 Å². The minimum Gasteiger partial charge on any atom is -0.339 e. The predicted molar refractivity (Wildman–Crippen MR) is 61.1 cm³/mol. The number of aromatic amines is 1. The van der Waals surface area contributed by atoms with Gasteiger partial charge < -0.3 is 10.3 Å². The van der Waals surface area contributed by atoms with Gasteiger partial charge in [0.05, 0.1) is 6.20 Å². The number of hydrogen-bond acceptors (Lipinski definition) is 4. The van der Waals surface area contributed by atoms with Crippen LogP contribution in [0, 0.1) is 0 Å². The van der Waals surface area contributed by atoms with Crippen LogP contribution in [0.1, 0.15) is 25.6 Å². The predicted octanol–water partition coefficient (Wildman–Crippen LogP) is 0.994. The highest BCUT2D eigenvalue weighted by Crippen LogP contribution is 2.32. The highest BCUT2D eigenvalue weighted by molar-refractivity contribution is 5.69. The average Bonchev–Trinajstić information content (AvgIpc) is 2.96. The van der Waals surface area contributed by atoms with Gasteiger partial charge in [0.1, 0.15) is 17.7 Å². The SMILES string of the molecule is CCC1(c2nc3ncncc3[nH]2)CCNC1. The van der Waals surface area contributed by atoms with Crippen LogP contribution >= 0.6 is 0 Å². The first-order valence-electron chi connectivity index (χ1n) is 5.71. The van der Waals surface area contributed by atoms with Crippen LogP contribution in [0.3, 0.4) is 0 Å². The fraction of sp³-hybridized carbons (Fsp3) is 0.545. The van der Waals surface area contributed by atoms with E-state index in [-0.39, 0.29) is 5.41 Å². The molecule has 16 heavy (non-hydrogen) atoms. The molecule has 0 bridgehead atoms. The van der Waals surface area contributed by atoms with Gasteiger partial charge in [0.15, 0.2) is 5.65 Å². The topological polar surface area (TPSA) is 66.5 Å². The molecule has 1 aliphatic heterocycles. The summed E-state index contributed by atoms with van der Waals surface area (Å²) < 4.78 is 0. The molecule has 1 aliphatic rings. The first-order valence-corrected chi connectivity index (χ1v) is 5.71. The zero-order chi connectivity index (χ0) is 11.0. The number of aromatic nitrogens is 4. The van der Waals surface area contributed by atoms with Crippen molar-refractivity contribution in [1.82, 2.24) is 25.3 Å². The van der Waals surface area contributed by atoms with Crippen molar-refractivity contribution in [3.05, 3.63) is 18.3 Å². The van der Waals surface area contributed by atoms with Crippen molar-refractivity contribution in [3.63, 3.8) is 0 Å². The number of nitrogens with zero attached hydrogens (tertiary/aromatic N) is 3. The molecule has 2 aromatic rings. The molecule has 0 spiro atoms. The first-order chi connectivity index (χ1) is 7.84. The maximum absolute atomic E-state index is 4.59. The Morgan fingerprint density at radius 1 is 1.50 bits per heavy atom. The van der Waals surface area contributed by atoms with E-state index in [0.717, 1.165) is 42.9 Å². The van der Waals surface area contributed by atoms with Crippen LogP contribution in [0.15, 0.2) is 12.5 Å². The third-order valence-corrected chi connectivity index (χ3v) is 3.58. The standard InChI is InChI=1S/C11H15N5/c1-2-11(3-4-12-6-11)10-15-8-5-13-7-14-9(8)16-10/h5,7,12H,2-4,6H2,1H3,(H,13,14,15,16). The number of nitrogens with one attached hydrogen (secondary N) is 2. The lowest BCUT2D eigenvalue weighted by Crippen LogP contribution is -2.29. The summed E-state index contributed by atoms with van der Waals surface area (Å²) in [4.78, 5) is 16.1. The van der Waals surface area contributed by atoms with E-state index in [1.54, 1.807) is 12.5 Å². The molecule has 2 aromatic heterocycles. The van der Waals surface area contributed by atoms with E-state index in [9.17, 15) is 0 Å². The Bertz CT molecular complexity index is 465. The van der Waals surface area contributed by atoms with Gasteiger partial charge in [-0.2, -0.15) is 0 Å². The second-order valence-electron chi connectivity index (χ2n) is 4.41. The van der Waals surface area contributed by atoms with E-state index in [0.29, 0.717) is 0 Å². The van der Waals surface area contributed by atoms with Gasteiger partial charge >= 0.3 is 0 Å². The minimum atomic E-state index is 0.153. The van der Waals surface area contributed by atoms with Crippen LogP contribution in [-0.4, -0.2) is 33.0 Å². The molecule has 0 amide bonds. The molecule has 5 nitrogen and oxygen atoms in total. The third-order valence-electron chi connectivity index (χ3n) is 3.58. The molecule has 1 unspecified atom stereocenters. The normalized spacial score (nSPS) is 25.3. The quantitative estimate of drug-likeness (QED) is 0.787. The second-order valence-corrected chi connectivity index (χ2v) is 4.41. The summed E-state index contributed by atoms with van der Waals surface area (Å²) in [5, 5.41) is 3.41. The van der Waals surface area contributed by atoms with E-state index in [1.165, 1.54) is 0 Å². The van der Waals surface area contributed by atoms with E-state index >= 15 is 0 Å². The monoisotopic (exact) mass is 217 g/mol. The highest BCUT2D eigenvalue weighted by Gasteiger charge is 2.36. The lowest BCUT2D eigenvalue weighted by atomic mass is 9.83. The molecule has 84 valence electrons. The Kier molecular flexibility index (Phi) is 2.14. The van der Waals surface area contributed by atoms with E-state index in [2.05, 4.69) is 32.2 Å². The van der Waals surface area contributed by atoms with Crippen LogP contribution < -0.4 is 5.32 Å². The van der Waals surface area contributed by atoms with Crippen molar-refractivity contribution in [3.8, 4) is 0 Å². The Hall–Kier alpha value is -1.49. The maximum Gasteiger partial charge on any atom is 0.180 e. The Morgan fingerprint density at radius 3 is 3.12 bits per heavy atom. The van der Waals surface area contributed by atoms with Crippen molar-refractivity contribution in [2.75, 3.05) is 13.1 Å². The van der Waals surface area contributed by atoms with E-state index in [4.69, 9.17) is 0 Å². The van der Waals surface area contributed by atoms with Crippen molar-refractivity contribution in [2.24, 2.45) is 0 Å². The van der Waals surface area contributed by atoms with Crippen LogP contribution in [0.25, 0.3) is 11.2 Å². The highest BCUT2D eigenvalue weighted by atomic mass is 15.1.